The van der Waals surface area contributed by atoms with Gasteiger partial charge in [-0.15, -0.1) is 16.9 Å². The lowest BCUT2D eigenvalue weighted by Gasteiger charge is -2.49. The number of aliphatic hydroxyl groups is 1. The van der Waals surface area contributed by atoms with Crippen LogP contribution in [0.25, 0.3) is 0 Å². The lowest BCUT2D eigenvalue weighted by molar-refractivity contribution is -0.151. The Kier molecular flexibility index (Phi) is 5.89. The SMILES string of the molecule is O=C(O)C1=C(CSc2n[nH]c(C3CC3)n2)CS[C@H]2C(NC(=O)C(O)c3ccccc3)C(=O)N12. The molecule has 3 atom stereocenters. The fraction of sp³-hybridized carbons (Fsp3) is 0.381. The number of nitrogens with one attached hydrogen (secondary N) is 2. The van der Waals surface area contributed by atoms with Crippen molar-refractivity contribution in [1.29, 1.82) is 0 Å². The quantitative estimate of drug-likeness (QED) is 0.319. The smallest absolute Gasteiger partial charge is 0.352 e. The van der Waals surface area contributed by atoms with E-state index in [4.69, 9.17) is 0 Å². The van der Waals surface area contributed by atoms with Crippen molar-refractivity contribution in [2.24, 2.45) is 0 Å². The number of hydrogen-bond acceptors (Lipinski definition) is 8. The highest BCUT2D eigenvalue weighted by molar-refractivity contribution is 8.01. The van der Waals surface area contributed by atoms with Crippen molar-refractivity contribution in [1.82, 2.24) is 25.4 Å². The second-order valence-electron chi connectivity index (χ2n) is 8.03. The van der Waals surface area contributed by atoms with Gasteiger partial charge in [0.05, 0.1) is 0 Å². The van der Waals surface area contributed by atoms with Crippen LogP contribution in [0.15, 0.2) is 46.8 Å². The zero-order valence-electron chi connectivity index (χ0n) is 17.3. The Morgan fingerprint density at radius 1 is 1.30 bits per heavy atom. The predicted octanol–water partition coefficient (Wildman–Crippen LogP) is 1.25. The molecule has 2 aliphatic heterocycles. The summed E-state index contributed by atoms with van der Waals surface area (Å²) in [5.41, 5.74) is 0.967. The summed E-state index contributed by atoms with van der Waals surface area (Å²) in [5, 5.41) is 29.8. The summed E-state index contributed by atoms with van der Waals surface area (Å²) in [5.74, 6) is -0.345. The number of rotatable bonds is 8. The minimum Gasteiger partial charge on any atom is -0.477 e. The van der Waals surface area contributed by atoms with E-state index in [9.17, 15) is 24.6 Å². The van der Waals surface area contributed by atoms with E-state index in [-0.39, 0.29) is 5.70 Å². The fourth-order valence-electron chi connectivity index (χ4n) is 3.83. The van der Waals surface area contributed by atoms with Crippen molar-refractivity contribution in [3.05, 3.63) is 53.0 Å². The molecule has 4 N–H and O–H groups in total. The van der Waals surface area contributed by atoms with E-state index in [1.165, 1.54) is 28.4 Å². The Hall–Kier alpha value is -2.83. The number of carbonyl (C=O) groups excluding carboxylic acids is 2. The van der Waals surface area contributed by atoms with E-state index in [2.05, 4.69) is 20.5 Å². The monoisotopic (exact) mass is 487 g/mol. The molecule has 5 rings (SSSR count). The van der Waals surface area contributed by atoms with Crippen molar-refractivity contribution in [2.45, 2.75) is 41.4 Å². The molecule has 1 aromatic heterocycles. The first-order chi connectivity index (χ1) is 15.9. The van der Waals surface area contributed by atoms with Crippen LogP contribution in [0.3, 0.4) is 0 Å². The van der Waals surface area contributed by atoms with Crippen LogP contribution in [0.1, 0.15) is 36.3 Å². The number of benzene rings is 1. The van der Waals surface area contributed by atoms with Crippen LogP contribution in [-0.4, -0.2) is 71.0 Å². The molecule has 0 bridgehead atoms. The standard InChI is InChI=1S/C21H21N5O5S2/c27-15(10-4-2-1-3-5-10)17(28)22-13-18(29)26-14(20(30)31)12(8-32-19(13)26)9-33-21-23-16(24-25-21)11-6-7-11/h1-5,11,13,15,19,27H,6-9H2,(H,22,28)(H,30,31)(H,23,24,25)/t13?,15?,19-/m0/s1. The van der Waals surface area contributed by atoms with Gasteiger partial charge in [-0.2, -0.15) is 0 Å². The number of carboxylic acid groups (broad SMARTS) is 1. The Morgan fingerprint density at radius 2 is 2.06 bits per heavy atom. The number of carbonyl (C=O) groups is 3. The van der Waals surface area contributed by atoms with Gasteiger partial charge in [0, 0.05) is 17.4 Å². The first kappa shape index (κ1) is 22.0. The first-order valence-corrected chi connectivity index (χ1v) is 12.5. The van der Waals surface area contributed by atoms with Gasteiger partial charge in [-0.3, -0.25) is 19.6 Å². The molecule has 12 heteroatoms. The van der Waals surface area contributed by atoms with Gasteiger partial charge >= 0.3 is 5.97 Å². The second-order valence-corrected chi connectivity index (χ2v) is 10.1. The average molecular weight is 488 g/mol. The number of hydrogen-bond donors (Lipinski definition) is 4. The number of nitrogens with zero attached hydrogens (tertiary/aromatic N) is 3. The summed E-state index contributed by atoms with van der Waals surface area (Å²) < 4.78 is 0. The van der Waals surface area contributed by atoms with Crippen LogP contribution in [0.4, 0.5) is 0 Å². The summed E-state index contributed by atoms with van der Waals surface area (Å²) in [6, 6.07) is 7.52. The topological polar surface area (TPSA) is 149 Å². The maximum atomic E-state index is 12.8. The first-order valence-electron chi connectivity index (χ1n) is 10.4. The van der Waals surface area contributed by atoms with Crippen LogP contribution in [-0.2, 0) is 14.4 Å². The van der Waals surface area contributed by atoms with Crippen molar-refractivity contribution >= 4 is 41.3 Å². The normalized spacial score (nSPS) is 23.1. The van der Waals surface area contributed by atoms with Crippen molar-refractivity contribution < 1.29 is 24.6 Å². The number of β-lactam (4-membered cyclic amide) rings is 1. The molecule has 0 spiro atoms. The zero-order chi connectivity index (χ0) is 23.1. The van der Waals surface area contributed by atoms with Gasteiger partial charge in [-0.1, -0.05) is 42.1 Å². The van der Waals surface area contributed by atoms with E-state index in [1.54, 1.807) is 30.3 Å². The maximum Gasteiger partial charge on any atom is 0.352 e. The molecule has 10 nitrogen and oxygen atoms in total. The third-order valence-corrected chi connectivity index (χ3v) is 8.01. The minimum atomic E-state index is -1.41. The molecule has 2 fully saturated rings. The molecule has 33 heavy (non-hydrogen) atoms. The van der Waals surface area contributed by atoms with Crippen LogP contribution in [0, 0.1) is 0 Å². The van der Waals surface area contributed by atoms with Crippen LogP contribution >= 0.6 is 23.5 Å². The molecule has 3 aliphatic rings. The van der Waals surface area contributed by atoms with Gasteiger partial charge < -0.3 is 15.5 Å². The number of aliphatic hydroxyl groups excluding tert-OH is 1. The molecule has 2 amide bonds. The number of fused-ring (bicyclic) bond motifs is 1. The van der Waals surface area contributed by atoms with Gasteiger partial charge in [0.25, 0.3) is 11.8 Å². The Morgan fingerprint density at radius 3 is 2.76 bits per heavy atom. The highest BCUT2D eigenvalue weighted by Gasteiger charge is 2.54. The number of aliphatic carboxylic acids is 1. The number of amides is 2. The minimum absolute atomic E-state index is 0.0525. The van der Waals surface area contributed by atoms with E-state index in [1.807, 2.05) is 0 Å². The second kappa shape index (κ2) is 8.84. The molecule has 0 radical (unpaired) electrons. The van der Waals surface area contributed by atoms with E-state index < -0.39 is 35.3 Å². The van der Waals surface area contributed by atoms with Gasteiger partial charge in [0.15, 0.2) is 6.10 Å². The Bertz CT molecular complexity index is 1130. The van der Waals surface area contributed by atoms with E-state index in [0.29, 0.717) is 33.7 Å². The largest absolute Gasteiger partial charge is 0.477 e. The van der Waals surface area contributed by atoms with Gasteiger partial charge in [-0.05, 0) is 24.0 Å². The summed E-state index contributed by atoms with van der Waals surface area (Å²) >= 11 is 2.71. The molecular weight excluding hydrogens is 466 g/mol. The average Bonchev–Trinajstić information content (AvgIpc) is 3.58. The molecule has 2 unspecified atom stereocenters. The Balaban J connectivity index is 1.26. The molecule has 2 aromatic rings. The highest BCUT2D eigenvalue weighted by atomic mass is 32.2. The number of aromatic nitrogens is 3. The van der Waals surface area contributed by atoms with Crippen molar-refractivity contribution in [3.8, 4) is 0 Å². The lowest BCUT2D eigenvalue weighted by atomic mass is 10.0. The van der Waals surface area contributed by atoms with Crippen LogP contribution in [0.2, 0.25) is 0 Å². The molecule has 1 saturated heterocycles. The van der Waals surface area contributed by atoms with Gasteiger partial charge in [0.1, 0.15) is 22.9 Å². The van der Waals surface area contributed by atoms with Gasteiger partial charge in [-0.25, -0.2) is 9.78 Å². The third kappa shape index (κ3) is 4.25. The maximum absolute atomic E-state index is 12.8. The predicted molar refractivity (Wildman–Crippen MR) is 120 cm³/mol. The van der Waals surface area contributed by atoms with E-state index in [0.717, 1.165) is 18.7 Å². The zero-order valence-corrected chi connectivity index (χ0v) is 18.9. The molecule has 1 aliphatic carbocycles. The lowest BCUT2D eigenvalue weighted by Crippen LogP contribution is -2.70. The van der Waals surface area contributed by atoms with E-state index >= 15 is 0 Å². The Labute approximate surface area is 197 Å². The number of H-pyrrole nitrogens is 1. The molecular formula is C21H21N5O5S2. The summed E-state index contributed by atoms with van der Waals surface area (Å²) in [7, 11) is 0. The van der Waals surface area contributed by atoms with Crippen LogP contribution < -0.4 is 5.32 Å². The van der Waals surface area contributed by atoms with Gasteiger partial charge in [0.2, 0.25) is 5.16 Å². The third-order valence-electron chi connectivity index (χ3n) is 5.73. The molecule has 172 valence electrons. The number of thioether (sulfide) groups is 2. The van der Waals surface area contributed by atoms with Crippen LogP contribution in [0.5, 0.6) is 0 Å². The van der Waals surface area contributed by atoms with Crippen molar-refractivity contribution in [3.63, 3.8) is 0 Å². The number of carboxylic acids is 1. The number of aromatic amines is 1. The molecule has 3 heterocycles. The molecule has 1 saturated carbocycles. The molecule has 1 aromatic carbocycles. The van der Waals surface area contributed by atoms with Crippen molar-refractivity contribution in [2.75, 3.05) is 11.5 Å². The summed E-state index contributed by atoms with van der Waals surface area (Å²) in [6.45, 7) is 0. The summed E-state index contributed by atoms with van der Waals surface area (Å²) in [4.78, 5) is 42.9. The summed E-state index contributed by atoms with van der Waals surface area (Å²) in [6.07, 6.45) is 0.788. The highest BCUT2D eigenvalue weighted by Crippen LogP contribution is 2.42. The fourth-order valence-corrected chi connectivity index (χ4v) is 6.12.